The summed E-state index contributed by atoms with van der Waals surface area (Å²) in [7, 11) is 1.31. The summed E-state index contributed by atoms with van der Waals surface area (Å²) in [6, 6.07) is 3.33. The number of nitrogens with two attached hydrogens (primary N) is 1. The lowest BCUT2D eigenvalue weighted by Gasteiger charge is -2.12. The van der Waals surface area contributed by atoms with Crippen molar-refractivity contribution in [3.63, 3.8) is 0 Å². The van der Waals surface area contributed by atoms with Gasteiger partial charge in [-0.05, 0) is 26.0 Å². The maximum atomic E-state index is 11.8. The minimum absolute atomic E-state index is 0.238. The molecule has 1 aromatic carbocycles. The van der Waals surface area contributed by atoms with Gasteiger partial charge in [0.15, 0.2) is 0 Å². The van der Waals surface area contributed by atoms with Crippen LogP contribution in [0.1, 0.15) is 30.2 Å². The molecule has 0 radical (unpaired) electrons. The van der Waals surface area contributed by atoms with Crippen LogP contribution in [0, 0.1) is 0 Å². The molecular weight excluding hydrogens is 292 g/mol. The van der Waals surface area contributed by atoms with Crippen molar-refractivity contribution >= 4 is 34.6 Å². The molecule has 0 bridgehead atoms. The molecule has 0 amide bonds. The van der Waals surface area contributed by atoms with E-state index in [0.29, 0.717) is 16.4 Å². The van der Waals surface area contributed by atoms with Crippen LogP contribution >= 0.6 is 11.6 Å². The Morgan fingerprint density at radius 2 is 2.19 bits per heavy atom. The lowest BCUT2D eigenvalue weighted by atomic mass is 10.1. The predicted octanol–water partition coefficient (Wildman–Crippen LogP) is 3.23. The lowest BCUT2D eigenvalue weighted by molar-refractivity contribution is 0.0602. The Morgan fingerprint density at radius 1 is 1.48 bits per heavy atom. The fourth-order valence-electron chi connectivity index (χ4n) is 1.85. The van der Waals surface area contributed by atoms with E-state index < -0.39 is 5.97 Å². The van der Waals surface area contributed by atoms with E-state index in [1.807, 2.05) is 20.0 Å². The van der Waals surface area contributed by atoms with Gasteiger partial charge in [0.25, 0.3) is 0 Å². The minimum atomic E-state index is -0.511. The standard InChI is InChI=1S/C14H17ClN4O2/c1-8(2)19-7-10(6-17-19)18-13-11(14(20)21-3)4-9(16)5-12(13)15/h4-8,18H,16H2,1-3H3. The molecule has 1 heterocycles. The lowest BCUT2D eigenvalue weighted by Crippen LogP contribution is -2.07. The summed E-state index contributed by atoms with van der Waals surface area (Å²) in [6.45, 7) is 4.04. The number of benzene rings is 1. The fraction of sp³-hybridized carbons (Fsp3) is 0.286. The molecule has 2 rings (SSSR count). The number of esters is 1. The first-order valence-electron chi connectivity index (χ1n) is 6.41. The molecule has 3 N–H and O–H groups in total. The Balaban J connectivity index is 2.40. The maximum absolute atomic E-state index is 11.8. The van der Waals surface area contributed by atoms with Gasteiger partial charge in [-0.25, -0.2) is 4.79 Å². The Hall–Kier alpha value is -2.21. The monoisotopic (exact) mass is 308 g/mol. The van der Waals surface area contributed by atoms with Crippen molar-refractivity contribution in [2.45, 2.75) is 19.9 Å². The minimum Gasteiger partial charge on any atom is -0.465 e. The number of ether oxygens (including phenoxy) is 1. The number of nitrogens with one attached hydrogen (secondary N) is 1. The van der Waals surface area contributed by atoms with E-state index in [9.17, 15) is 4.79 Å². The molecule has 1 aromatic heterocycles. The van der Waals surface area contributed by atoms with Gasteiger partial charge in [0, 0.05) is 17.9 Å². The summed E-state index contributed by atoms with van der Waals surface area (Å²) >= 11 is 6.18. The number of aromatic nitrogens is 2. The largest absolute Gasteiger partial charge is 0.465 e. The number of halogens is 1. The second-order valence-corrected chi connectivity index (χ2v) is 5.25. The summed E-state index contributed by atoms with van der Waals surface area (Å²) < 4.78 is 6.55. The molecule has 0 saturated carbocycles. The predicted molar refractivity (Wildman–Crippen MR) is 83.1 cm³/mol. The van der Waals surface area contributed by atoms with Crippen molar-refractivity contribution in [2.75, 3.05) is 18.2 Å². The molecule has 7 heteroatoms. The quantitative estimate of drug-likeness (QED) is 0.669. The smallest absolute Gasteiger partial charge is 0.340 e. The van der Waals surface area contributed by atoms with Crippen LogP contribution in [0.15, 0.2) is 24.5 Å². The Labute approximate surface area is 127 Å². The van der Waals surface area contributed by atoms with Crippen LogP contribution in [0.25, 0.3) is 0 Å². The van der Waals surface area contributed by atoms with Gasteiger partial charge < -0.3 is 15.8 Å². The second-order valence-electron chi connectivity index (χ2n) is 4.84. The zero-order chi connectivity index (χ0) is 15.6. The fourth-order valence-corrected chi connectivity index (χ4v) is 2.13. The second kappa shape index (κ2) is 6.05. The first kappa shape index (κ1) is 15.2. The van der Waals surface area contributed by atoms with Crippen LogP contribution in [-0.4, -0.2) is 22.9 Å². The van der Waals surface area contributed by atoms with E-state index in [0.717, 1.165) is 5.69 Å². The van der Waals surface area contributed by atoms with Gasteiger partial charge >= 0.3 is 5.97 Å². The first-order valence-corrected chi connectivity index (χ1v) is 6.78. The number of hydrogen-bond acceptors (Lipinski definition) is 5. The molecule has 0 unspecified atom stereocenters. The van der Waals surface area contributed by atoms with Crippen molar-refractivity contribution in [2.24, 2.45) is 0 Å². The molecular formula is C14H17ClN4O2. The molecule has 6 nitrogen and oxygen atoms in total. The highest BCUT2D eigenvalue weighted by atomic mass is 35.5. The van der Waals surface area contributed by atoms with Crippen LogP contribution in [0.4, 0.5) is 17.1 Å². The number of carbonyl (C=O) groups is 1. The number of nitrogen functional groups attached to an aromatic ring is 1. The number of nitrogens with zero attached hydrogens (tertiary/aromatic N) is 2. The highest BCUT2D eigenvalue weighted by Gasteiger charge is 2.17. The molecule has 0 aliphatic heterocycles. The van der Waals surface area contributed by atoms with E-state index in [-0.39, 0.29) is 11.6 Å². The van der Waals surface area contributed by atoms with Crippen LogP contribution in [0.3, 0.4) is 0 Å². The van der Waals surface area contributed by atoms with Gasteiger partial charge in [-0.2, -0.15) is 5.10 Å². The summed E-state index contributed by atoms with van der Waals surface area (Å²) in [4.78, 5) is 11.8. The molecule has 0 saturated heterocycles. The topological polar surface area (TPSA) is 82.2 Å². The summed E-state index contributed by atoms with van der Waals surface area (Å²) in [5.74, 6) is -0.511. The van der Waals surface area contributed by atoms with Crippen LogP contribution in [0.5, 0.6) is 0 Å². The first-order chi connectivity index (χ1) is 9.92. The number of anilines is 3. The van der Waals surface area contributed by atoms with Gasteiger partial charge in [0.1, 0.15) is 0 Å². The molecule has 0 atom stereocenters. The van der Waals surface area contributed by atoms with Crippen LogP contribution < -0.4 is 11.1 Å². The molecule has 0 aliphatic rings. The van der Waals surface area contributed by atoms with E-state index in [2.05, 4.69) is 10.4 Å². The SMILES string of the molecule is COC(=O)c1cc(N)cc(Cl)c1Nc1cnn(C(C)C)c1. The Morgan fingerprint density at radius 3 is 2.76 bits per heavy atom. The van der Waals surface area contributed by atoms with E-state index in [1.54, 1.807) is 16.9 Å². The maximum Gasteiger partial charge on any atom is 0.340 e. The summed E-state index contributed by atoms with van der Waals surface area (Å²) in [6.07, 6.45) is 3.49. The van der Waals surface area contributed by atoms with E-state index >= 15 is 0 Å². The van der Waals surface area contributed by atoms with Gasteiger partial charge in [0.2, 0.25) is 0 Å². The van der Waals surface area contributed by atoms with Gasteiger partial charge in [-0.15, -0.1) is 0 Å². The highest BCUT2D eigenvalue weighted by molar-refractivity contribution is 6.34. The molecule has 0 spiro atoms. The van der Waals surface area contributed by atoms with Crippen molar-refractivity contribution in [1.29, 1.82) is 0 Å². The number of rotatable bonds is 4. The third-order valence-electron chi connectivity index (χ3n) is 2.92. The summed E-state index contributed by atoms with van der Waals surface area (Å²) in [5, 5.41) is 7.65. The van der Waals surface area contributed by atoms with Gasteiger partial charge in [-0.1, -0.05) is 11.6 Å². The Bertz CT molecular complexity index is 667. The number of methoxy groups -OCH3 is 1. The van der Waals surface area contributed by atoms with Crippen molar-refractivity contribution in [3.05, 3.63) is 35.1 Å². The third-order valence-corrected chi connectivity index (χ3v) is 3.22. The third kappa shape index (κ3) is 3.28. The average Bonchev–Trinajstić information content (AvgIpc) is 2.89. The van der Waals surface area contributed by atoms with Gasteiger partial charge in [-0.3, -0.25) is 4.68 Å². The van der Waals surface area contributed by atoms with E-state index in [1.165, 1.54) is 13.2 Å². The molecule has 0 aliphatic carbocycles. The zero-order valence-electron chi connectivity index (χ0n) is 12.1. The van der Waals surface area contributed by atoms with Crippen molar-refractivity contribution in [3.8, 4) is 0 Å². The van der Waals surface area contributed by atoms with E-state index in [4.69, 9.17) is 22.1 Å². The van der Waals surface area contributed by atoms with Crippen LogP contribution in [0.2, 0.25) is 5.02 Å². The van der Waals surface area contributed by atoms with Crippen LogP contribution in [-0.2, 0) is 4.74 Å². The average molecular weight is 309 g/mol. The number of hydrogen-bond donors (Lipinski definition) is 2. The molecule has 112 valence electrons. The molecule has 2 aromatic rings. The van der Waals surface area contributed by atoms with Crippen molar-refractivity contribution in [1.82, 2.24) is 9.78 Å². The normalized spacial score (nSPS) is 10.7. The molecule has 0 fully saturated rings. The van der Waals surface area contributed by atoms with Crippen molar-refractivity contribution < 1.29 is 9.53 Å². The number of carbonyl (C=O) groups excluding carboxylic acids is 1. The van der Waals surface area contributed by atoms with Gasteiger partial charge in [0.05, 0.1) is 35.3 Å². The summed E-state index contributed by atoms with van der Waals surface area (Å²) in [5.41, 5.74) is 7.56. The Kier molecular flexibility index (Phi) is 4.37. The zero-order valence-corrected chi connectivity index (χ0v) is 12.8. The molecule has 21 heavy (non-hydrogen) atoms. The highest BCUT2D eigenvalue weighted by Crippen LogP contribution is 2.32.